The number of hydrogen-bond donors (Lipinski definition) is 1. The van der Waals surface area contributed by atoms with E-state index in [0.717, 1.165) is 5.56 Å². The van der Waals surface area contributed by atoms with Gasteiger partial charge in [0.15, 0.2) is 0 Å². The summed E-state index contributed by atoms with van der Waals surface area (Å²) in [5.74, 6) is 0.990. The second kappa shape index (κ2) is 3.82. The highest BCUT2D eigenvalue weighted by molar-refractivity contribution is 5.26. The van der Waals surface area contributed by atoms with Gasteiger partial charge in [-0.15, -0.1) is 10.2 Å². The number of benzene rings is 1. The number of rotatable bonds is 2. The van der Waals surface area contributed by atoms with Crippen LogP contribution in [0.4, 0.5) is 0 Å². The lowest BCUT2D eigenvalue weighted by atomic mass is 10.1. The second-order valence-corrected chi connectivity index (χ2v) is 3.55. The summed E-state index contributed by atoms with van der Waals surface area (Å²) in [5.41, 5.74) is 8.16. The first kappa shape index (κ1) is 9.86. The van der Waals surface area contributed by atoms with Crippen molar-refractivity contribution in [2.24, 2.45) is 5.73 Å². The summed E-state index contributed by atoms with van der Waals surface area (Å²) in [5, 5.41) is 7.66. The molecule has 0 aliphatic carbocycles. The van der Waals surface area contributed by atoms with Gasteiger partial charge in [-0.05, 0) is 12.5 Å². The third-order valence-electron chi connectivity index (χ3n) is 2.24. The number of aromatic nitrogens is 2. The van der Waals surface area contributed by atoms with Crippen molar-refractivity contribution in [1.29, 1.82) is 0 Å². The maximum atomic E-state index is 5.98. The van der Waals surface area contributed by atoms with E-state index in [0.29, 0.717) is 11.8 Å². The molecule has 0 radical (unpaired) electrons. The first-order chi connectivity index (χ1) is 7.16. The molecule has 2 N–H and O–H groups in total. The fourth-order valence-electron chi connectivity index (χ4n) is 1.35. The van der Waals surface area contributed by atoms with E-state index < -0.39 is 0 Å². The van der Waals surface area contributed by atoms with Crippen LogP contribution in [-0.4, -0.2) is 10.2 Å². The normalized spacial score (nSPS) is 12.7. The Morgan fingerprint density at radius 2 is 1.80 bits per heavy atom. The maximum absolute atomic E-state index is 5.98. The molecule has 4 nitrogen and oxygen atoms in total. The van der Waals surface area contributed by atoms with Crippen molar-refractivity contribution in [2.75, 3.05) is 0 Å². The zero-order valence-corrected chi connectivity index (χ0v) is 8.77. The van der Waals surface area contributed by atoms with Crippen LogP contribution in [0.2, 0.25) is 0 Å². The van der Waals surface area contributed by atoms with Crippen LogP contribution in [0.15, 0.2) is 28.7 Å². The van der Waals surface area contributed by atoms with Crippen molar-refractivity contribution in [3.8, 4) is 0 Å². The molecule has 2 rings (SSSR count). The van der Waals surface area contributed by atoms with Gasteiger partial charge in [-0.1, -0.05) is 29.8 Å². The highest BCUT2D eigenvalue weighted by Gasteiger charge is 2.14. The molecule has 0 spiro atoms. The third kappa shape index (κ3) is 2.05. The van der Waals surface area contributed by atoms with E-state index in [1.165, 1.54) is 5.56 Å². The minimum absolute atomic E-state index is 0.341. The first-order valence-corrected chi connectivity index (χ1v) is 4.79. The van der Waals surface area contributed by atoms with Crippen LogP contribution >= 0.6 is 0 Å². The monoisotopic (exact) mass is 203 g/mol. The molecule has 0 saturated heterocycles. The summed E-state index contributed by atoms with van der Waals surface area (Å²) in [4.78, 5) is 0. The Kier molecular flexibility index (Phi) is 2.51. The molecule has 1 aromatic heterocycles. The Labute approximate surface area is 88.1 Å². The Bertz CT molecular complexity index is 447. The van der Waals surface area contributed by atoms with Gasteiger partial charge in [-0.25, -0.2) is 0 Å². The molecule has 0 aliphatic rings. The van der Waals surface area contributed by atoms with Crippen LogP contribution in [0.25, 0.3) is 0 Å². The van der Waals surface area contributed by atoms with Crippen molar-refractivity contribution in [3.63, 3.8) is 0 Å². The average molecular weight is 203 g/mol. The summed E-state index contributed by atoms with van der Waals surface area (Å²) < 4.78 is 5.28. The molecule has 15 heavy (non-hydrogen) atoms. The molecule has 0 amide bonds. The van der Waals surface area contributed by atoms with Gasteiger partial charge >= 0.3 is 0 Å². The van der Waals surface area contributed by atoms with E-state index in [9.17, 15) is 0 Å². The molecule has 4 heteroatoms. The fraction of sp³-hybridized carbons (Fsp3) is 0.273. The second-order valence-electron chi connectivity index (χ2n) is 3.55. The fourth-order valence-corrected chi connectivity index (χ4v) is 1.35. The van der Waals surface area contributed by atoms with Gasteiger partial charge in [0.25, 0.3) is 0 Å². The van der Waals surface area contributed by atoms with Gasteiger partial charge in [0.1, 0.15) is 6.04 Å². The van der Waals surface area contributed by atoms with Gasteiger partial charge in [-0.3, -0.25) is 0 Å². The Morgan fingerprint density at radius 3 is 2.33 bits per heavy atom. The summed E-state index contributed by atoms with van der Waals surface area (Å²) >= 11 is 0. The van der Waals surface area contributed by atoms with E-state index in [2.05, 4.69) is 10.2 Å². The number of nitrogens with zero attached hydrogens (tertiary/aromatic N) is 2. The van der Waals surface area contributed by atoms with Crippen LogP contribution in [-0.2, 0) is 0 Å². The van der Waals surface area contributed by atoms with Crippen molar-refractivity contribution in [2.45, 2.75) is 19.9 Å². The van der Waals surface area contributed by atoms with Crippen molar-refractivity contribution in [1.82, 2.24) is 10.2 Å². The molecule has 1 heterocycles. The SMILES string of the molecule is Cc1ccc(C(N)c2nnc(C)o2)cc1. The maximum Gasteiger partial charge on any atom is 0.237 e. The summed E-state index contributed by atoms with van der Waals surface area (Å²) in [6.07, 6.45) is 0. The Hall–Kier alpha value is -1.68. The van der Waals surface area contributed by atoms with Gasteiger partial charge in [-0.2, -0.15) is 0 Å². The molecule has 1 atom stereocenters. The molecule has 0 bridgehead atoms. The zero-order valence-electron chi connectivity index (χ0n) is 8.77. The average Bonchev–Trinajstić information content (AvgIpc) is 2.65. The standard InChI is InChI=1S/C11H13N3O/c1-7-3-5-9(6-4-7)10(12)11-14-13-8(2)15-11/h3-6,10H,12H2,1-2H3. The lowest BCUT2D eigenvalue weighted by molar-refractivity contribution is 0.450. The number of nitrogens with two attached hydrogens (primary N) is 1. The van der Waals surface area contributed by atoms with Crippen LogP contribution < -0.4 is 5.73 Å². The molecule has 2 aromatic rings. The zero-order chi connectivity index (χ0) is 10.8. The molecule has 1 aromatic carbocycles. The lowest BCUT2D eigenvalue weighted by Crippen LogP contribution is -2.12. The van der Waals surface area contributed by atoms with E-state index in [1.54, 1.807) is 6.92 Å². The van der Waals surface area contributed by atoms with E-state index in [4.69, 9.17) is 10.2 Å². The van der Waals surface area contributed by atoms with E-state index in [1.807, 2.05) is 31.2 Å². The summed E-state index contributed by atoms with van der Waals surface area (Å²) in [6.45, 7) is 3.78. The van der Waals surface area contributed by atoms with E-state index >= 15 is 0 Å². The molecular weight excluding hydrogens is 190 g/mol. The third-order valence-corrected chi connectivity index (χ3v) is 2.24. The highest BCUT2D eigenvalue weighted by Crippen LogP contribution is 2.18. The van der Waals surface area contributed by atoms with Crippen LogP contribution in [0.1, 0.15) is 29.0 Å². The lowest BCUT2D eigenvalue weighted by Gasteiger charge is -2.07. The first-order valence-electron chi connectivity index (χ1n) is 4.79. The topological polar surface area (TPSA) is 64.9 Å². The molecule has 1 unspecified atom stereocenters. The van der Waals surface area contributed by atoms with Gasteiger partial charge < -0.3 is 10.2 Å². The number of hydrogen-bond acceptors (Lipinski definition) is 4. The summed E-state index contributed by atoms with van der Waals surface area (Å²) in [7, 11) is 0. The minimum Gasteiger partial charge on any atom is -0.424 e. The van der Waals surface area contributed by atoms with Crippen LogP contribution in [0, 0.1) is 13.8 Å². The summed E-state index contributed by atoms with van der Waals surface area (Å²) in [6, 6.07) is 7.63. The molecule has 0 aliphatic heterocycles. The van der Waals surface area contributed by atoms with Gasteiger partial charge in [0.2, 0.25) is 11.8 Å². The molecular formula is C11H13N3O. The Morgan fingerprint density at radius 1 is 1.13 bits per heavy atom. The molecule has 78 valence electrons. The Balaban J connectivity index is 2.28. The van der Waals surface area contributed by atoms with Crippen LogP contribution in [0.3, 0.4) is 0 Å². The van der Waals surface area contributed by atoms with Crippen molar-refractivity contribution >= 4 is 0 Å². The quantitative estimate of drug-likeness (QED) is 0.807. The molecule has 0 fully saturated rings. The smallest absolute Gasteiger partial charge is 0.237 e. The van der Waals surface area contributed by atoms with Crippen molar-refractivity contribution in [3.05, 3.63) is 47.2 Å². The largest absolute Gasteiger partial charge is 0.424 e. The predicted octanol–water partition coefficient (Wildman–Crippen LogP) is 1.73. The minimum atomic E-state index is -0.341. The number of aryl methyl sites for hydroxylation is 2. The van der Waals surface area contributed by atoms with E-state index in [-0.39, 0.29) is 6.04 Å². The van der Waals surface area contributed by atoms with Crippen molar-refractivity contribution < 1.29 is 4.42 Å². The highest BCUT2D eigenvalue weighted by atomic mass is 16.4. The predicted molar refractivity (Wildman–Crippen MR) is 56.2 cm³/mol. The van der Waals surface area contributed by atoms with Gasteiger partial charge in [0, 0.05) is 6.92 Å². The molecule has 0 saturated carbocycles. The van der Waals surface area contributed by atoms with Gasteiger partial charge in [0.05, 0.1) is 0 Å². The van der Waals surface area contributed by atoms with Crippen LogP contribution in [0.5, 0.6) is 0 Å².